The predicted molar refractivity (Wildman–Crippen MR) is 73.5 cm³/mol. The van der Waals surface area contributed by atoms with Crippen LogP contribution in [0, 0.1) is 0 Å². The van der Waals surface area contributed by atoms with Crippen LogP contribution in [0.4, 0.5) is 0 Å². The van der Waals surface area contributed by atoms with E-state index in [1.165, 1.54) is 11.1 Å². The molecular weight excluding hydrogens is 218 g/mol. The lowest BCUT2D eigenvalue weighted by atomic mass is 9.81. The summed E-state index contributed by atoms with van der Waals surface area (Å²) in [5.41, 5.74) is 2.80. The molecule has 15 heavy (non-hydrogen) atoms. The molecule has 0 spiro atoms. The van der Waals surface area contributed by atoms with Crippen molar-refractivity contribution in [1.82, 2.24) is 0 Å². The molecule has 0 heterocycles. The molecule has 1 aliphatic rings. The molecule has 1 aromatic rings. The zero-order valence-electron chi connectivity index (χ0n) is 9.55. The fourth-order valence-corrected chi connectivity index (χ4v) is 4.65. The van der Waals surface area contributed by atoms with Gasteiger partial charge in [-0.1, -0.05) is 55.2 Å². The molecule has 1 aromatic carbocycles. The van der Waals surface area contributed by atoms with Gasteiger partial charge in [-0.2, -0.15) is 0 Å². The summed E-state index contributed by atoms with van der Waals surface area (Å²) in [4.78, 5) is 0. The van der Waals surface area contributed by atoms with Crippen molar-refractivity contribution in [3.8, 4) is 0 Å². The van der Waals surface area contributed by atoms with Crippen LogP contribution in [0.15, 0.2) is 29.5 Å². The Morgan fingerprint density at radius 3 is 2.47 bits per heavy atom. The van der Waals surface area contributed by atoms with Gasteiger partial charge in [0.15, 0.2) is 0 Å². The molecule has 0 saturated heterocycles. The Morgan fingerprint density at radius 2 is 1.87 bits per heavy atom. The Kier molecular flexibility index (Phi) is 2.82. The molecule has 3 heteroatoms. The fourth-order valence-electron chi connectivity index (χ4n) is 2.30. The summed E-state index contributed by atoms with van der Waals surface area (Å²) in [6.07, 6.45) is 2.37. The van der Waals surface area contributed by atoms with Crippen molar-refractivity contribution in [3.63, 3.8) is 0 Å². The average Bonchev–Trinajstić information content (AvgIpc) is 2.55. The maximum atomic E-state index is 6.12. The molecule has 2 rings (SSSR count). The number of allylic oxidation sites excluding steroid dienone is 1. The summed E-state index contributed by atoms with van der Waals surface area (Å²) in [7, 11) is -1.23. The van der Waals surface area contributed by atoms with Crippen molar-refractivity contribution < 1.29 is 0 Å². The third-order valence-corrected chi connectivity index (χ3v) is 5.61. The van der Waals surface area contributed by atoms with Crippen molar-refractivity contribution in [3.05, 3.63) is 40.6 Å². The second-order valence-electron chi connectivity index (χ2n) is 5.19. The second kappa shape index (κ2) is 3.84. The van der Waals surface area contributed by atoms with E-state index in [1.54, 1.807) is 5.20 Å². The minimum absolute atomic E-state index is 0.467. The molecule has 0 nitrogen and oxygen atoms in total. The molecule has 1 atom stereocenters. The van der Waals surface area contributed by atoms with Gasteiger partial charge in [0.2, 0.25) is 6.69 Å². The Labute approximate surface area is 98.5 Å². The van der Waals surface area contributed by atoms with Crippen LogP contribution in [0.1, 0.15) is 16.9 Å². The third-order valence-electron chi connectivity index (χ3n) is 3.08. The van der Waals surface area contributed by atoms with Crippen LogP contribution < -0.4 is 0 Å². The molecule has 1 aliphatic carbocycles. The molecule has 0 N–H and O–H groups in total. The van der Waals surface area contributed by atoms with E-state index in [-0.39, 0.29) is 0 Å². The van der Waals surface area contributed by atoms with Gasteiger partial charge in [0.25, 0.3) is 0 Å². The normalized spacial score (nSPS) is 19.7. The van der Waals surface area contributed by atoms with E-state index in [0.29, 0.717) is 12.5 Å². The molecule has 0 fully saturated rings. The van der Waals surface area contributed by atoms with Crippen LogP contribution in [-0.2, 0) is 0 Å². The smallest absolute Gasteiger partial charge is 0.200 e. The highest BCUT2D eigenvalue weighted by molar-refractivity contribution is 6.97. The topological polar surface area (TPSA) is 0 Å². The monoisotopic (exact) mass is 234 g/mol. The summed E-state index contributed by atoms with van der Waals surface area (Å²) < 4.78 is 0. The van der Waals surface area contributed by atoms with Crippen LogP contribution in [0.3, 0.4) is 0 Å². The van der Waals surface area contributed by atoms with Gasteiger partial charge in [-0.15, -0.1) is 0 Å². The van der Waals surface area contributed by atoms with E-state index < -0.39 is 8.07 Å². The lowest BCUT2D eigenvalue weighted by molar-refractivity contribution is 1.20. The van der Waals surface area contributed by atoms with Crippen molar-refractivity contribution in [2.45, 2.75) is 25.5 Å². The van der Waals surface area contributed by atoms with Gasteiger partial charge in [0.05, 0.1) is 8.07 Å². The quantitative estimate of drug-likeness (QED) is 0.686. The van der Waals surface area contributed by atoms with Gasteiger partial charge >= 0.3 is 0 Å². The van der Waals surface area contributed by atoms with Crippen LogP contribution in [-0.4, -0.2) is 14.8 Å². The standard InChI is InChI=1S/C12H16BClSi/c1-15(2,3)11-8-9-6-4-5-7-10(9)12(11)13-14/h4-8,12-13H,1-3H3. The van der Waals surface area contributed by atoms with Gasteiger partial charge in [0.1, 0.15) is 0 Å². The minimum atomic E-state index is -1.23. The zero-order valence-corrected chi connectivity index (χ0v) is 11.3. The van der Waals surface area contributed by atoms with E-state index >= 15 is 0 Å². The molecule has 0 bridgehead atoms. The van der Waals surface area contributed by atoms with Crippen LogP contribution >= 0.6 is 11.5 Å². The van der Waals surface area contributed by atoms with Crippen LogP contribution in [0.5, 0.6) is 0 Å². The first kappa shape index (κ1) is 11.0. The molecule has 0 saturated carbocycles. The van der Waals surface area contributed by atoms with Gasteiger partial charge in [-0.05, 0) is 16.9 Å². The van der Waals surface area contributed by atoms with Crippen molar-refractivity contribution >= 4 is 32.3 Å². The summed E-state index contributed by atoms with van der Waals surface area (Å²) in [5, 5.41) is 1.60. The maximum Gasteiger partial charge on any atom is 0.244 e. The Hall–Kier alpha value is -0.468. The van der Waals surface area contributed by atoms with E-state index in [9.17, 15) is 0 Å². The summed E-state index contributed by atoms with van der Waals surface area (Å²) in [6.45, 7) is 7.89. The van der Waals surface area contributed by atoms with Crippen molar-refractivity contribution in [2.75, 3.05) is 0 Å². The number of benzene rings is 1. The molecular formula is C12H16BClSi. The highest BCUT2D eigenvalue weighted by Gasteiger charge is 2.32. The first-order valence-electron chi connectivity index (χ1n) is 5.41. The highest BCUT2D eigenvalue weighted by Crippen LogP contribution is 2.40. The molecule has 0 aromatic heterocycles. The zero-order chi connectivity index (χ0) is 11.1. The van der Waals surface area contributed by atoms with E-state index in [1.807, 2.05) is 0 Å². The van der Waals surface area contributed by atoms with Crippen molar-refractivity contribution in [2.24, 2.45) is 0 Å². The van der Waals surface area contributed by atoms with Gasteiger partial charge in [0, 0.05) is 0 Å². The SMILES string of the molecule is C[Si](C)(C)C1=Cc2ccccc2C1BCl. The summed E-state index contributed by atoms with van der Waals surface area (Å²) >= 11 is 6.12. The molecule has 0 radical (unpaired) electrons. The van der Waals surface area contributed by atoms with Gasteiger partial charge in [-0.3, -0.25) is 0 Å². The maximum absolute atomic E-state index is 6.12. The van der Waals surface area contributed by atoms with E-state index in [2.05, 4.69) is 50.0 Å². The summed E-state index contributed by atoms with van der Waals surface area (Å²) in [6, 6.07) is 8.63. The minimum Gasteiger partial charge on any atom is -0.200 e. The number of halogens is 1. The largest absolute Gasteiger partial charge is 0.244 e. The second-order valence-corrected chi connectivity index (χ2v) is 10.6. The fraction of sp³-hybridized carbons (Fsp3) is 0.333. The number of hydrogen-bond donors (Lipinski definition) is 0. The number of fused-ring (bicyclic) bond motifs is 1. The van der Waals surface area contributed by atoms with Gasteiger partial charge in [-0.25, -0.2) is 11.5 Å². The highest BCUT2D eigenvalue weighted by atomic mass is 35.5. The number of hydrogen-bond acceptors (Lipinski definition) is 0. The predicted octanol–water partition coefficient (Wildman–Crippen LogP) is 3.59. The Bertz CT molecular complexity index is 406. The first-order valence-corrected chi connectivity index (χ1v) is 9.44. The lowest BCUT2D eigenvalue weighted by Gasteiger charge is -2.24. The summed E-state index contributed by atoms with van der Waals surface area (Å²) in [5.74, 6) is 0.467. The molecule has 78 valence electrons. The van der Waals surface area contributed by atoms with Crippen molar-refractivity contribution in [1.29, 1.82) is 0 Å². The molecule has 0 aliphatic heterocycles. The Morgan fingerprint density at radius 1 is 1.20 bits per heavy atom. The number of rotatable bonds is 2. The lowest BCUT2D eigenvalue weighted by Crippen LogP contribution is -2.27. The van der Waals surface area contributed by atoms with E-state index in [0.717, 1.165) is 0 Å². The third kappa shape index (κ3) is 1.93. The van der Waals surface area contributed by atoms with Gasteiger partial charge < -0.3 is 0 Å². The molecule has 1 unspecified atom stereocenters. The first-order chi connectivity index (χ1) is 7.04. The molecule has 0 amide bonds. The van der Waals surface area contributed by atoms with Crippen LogP contribution in [0.2, 0.25) is 19.6 Å². The Balaban J connectivity index is 2.48. The van der Waals surface area contributed by atoms with E-state index in [4.69, 9.17) is 11.5 Å². The van der Waals surface area contributed by atoms with Crippen LogP contribution in [0.25, 0.3) is 6.08 Å². The average molecular weight is 235 g/mol.